The zero-order valence-corrected chi connectivity index (χ0v) is 14.8. The number of methoxy groups -OCH3 is 1. The van der Waals surface area contributed by atoms with Gasteiger partial charge in [0.1, 0.15) is 10.6 Å². The van der Waals surface area contributed by atoms with E-state index in [1.807, 2.05) is 14.0 Å². The molecule has 130 valence electrons. The van der Waals surface area contributed by atoms with Gasteiger partial charge in [-0.2, -0.15) is 4.31 Å². The molecule has 0 N–H and O–H groups in total. The number of piperazine rings is 1. The fourth-order valence-electron chi connectivity index (χ4n) is 2.70. The van der Waals surface area contributed by atoms with E-state index in [0.717, 1.165) is 24.3 Å². The van der Waals surface area contributed by atoms with Crippen LogP contribution in [0.3, 0.4) is 0 Å². The van der Waals surface area contributed by atoms with Crippen LogP contribution in [-0.4, -0.2) is 63.1 Å². The van der Waals surface area contributed by atoms with Crippen molar-refractivity contribution >= 4 is 10.0 Å². The van der Waals surface area contributed by atoms with Crippen LogP contribution in [0.1, 0.15) is 5.69 Å². The lowest BCUT2D eigenvalue weighted by molar-refractivity contribution is 0.222. The van der Waals surface area contributed by atoms with Gasteiger partial charge in [0, 0.05) is 37.8 Å². The van der Waals surface area contributed by atoms with Gasteiger partial charge in [-0.25, -0.2) is 8.42 Å². The molecule has 1 aliphatic heterocycles. The average Bonchev–Trinajstić information content (AvgIpc) is 3.01. The highest BCUT2D eigenvalue weighted by atomic mass is 32.2. The molecule has 3 rings (SSSR count). The van der Waals surface area contributed by atoms with Crippen molar-refractivity contribution in [3.63, 3.8) is 0 Å². The SMILES string of the molecule is COc1cc(-c2cc(C)no2)ccc1S(=O)(=O)N1CCN(C)CC1. The highest BCUT2D eigenvalue weighted by Gasteiger charge is 2.30. The Balaban J connectivity index is 1.95. The van der Waals surface area contributed by atoms with Crippen molar-refractivity contribution in [2.45, 2.75) is 11.8 Å². The quantitative estimate of drug-likeness (QED) is 0.833. The largest absolute Gasteiger partial charge is 0.495 e. The van der Waals surface area contributed by atoms with Crippen molar-refractivity contribution in [2.24, 2.45) is 0 Å². The first kappa shape index (κ1) is 16.9. The number of likely N-dealkylation sites (N-methyl/N-ethyl adjacent to an activating group) is 1. The van der Waals surface area contributed by atoms with Crippen molar-refractivity contribution in [2.75, 3.05) is 40.3 Å². The van der Waals surface area contributed by atoms with Gasteiger partial charge in [0.25, 0.3) is 0 Å². The maximum Gasteiger partial charge on any atom is 0.246 e. The monoisotopic (exact) mass is 351 g/mol. The number of nitrogens with zero attached hydrogens (tertiary/aromatic N) is 3. The van der Waals surface area contributed by atoms with Crippen molar-refractivity contribution < 1.29 is 17.7 Å². The Morgan fingerprint density at radius 3 is 2.46 bits per heavy atom. The standard InChI is InChI=1S/C16H21N3O4S/c1-12-10-14(23-17-12)13-4-5-16(15(11-13)22-3)24(20,21)19-8-6-18(2)7-9-19/h4-5,10-11H,6-9H2,1-3H3. The summed E-state index contributed by atoms with van der Waals surface area (Å²) in [5, 5.41) is 3.85. The van der Waals surface area contributed by atoms with E-state index in [-0.39, 0.29) is 4.90 Å². The molecule has 0 amide bonds. The van der Waals surface area contributed by atoms with Crippen LogP contribution >= 0.6 is 0 Å². The van der Waals surface area contributed by atoms with Crippen LogP contribution < -0.4 is 4.74 Å². The second-order valence-electron chi connectivity index (χ2n) is 5.91. The predicted octanol–water partition coefficient (Wildman–Crippen LogP) is 1.59. The molecule has 1 aromatic carbocycles. The molecule has 7 nitrogen and oxygen atoms in total. The van der Waals surface area contributed by atoms with Gasteiger partial charge >= 0.3 is 0 Å². The van der Waals surface area contributed by atoms with Crippen LogP contribution in [0.2, 0.25) is 0 Å². The Hall–Kier alpha value is -1.90. The molecule has 0 aliphatic carbocycles. The van der Waals surface area contributed by atoms with Crippen LogP contribution in [0.15, 0.2) is 33.7 Å². The second kappa shape index (κ2) is 6.54. The molecule has 0 saturated carbocycles. The van der Waals surface area contributed by atoms with E-state index in [4.69, 9.17) is 9.26 Å². The normalized spacial score (nSPS) is 17.1. The van der Waals surface area contributed by atoms with Gasteiger partial charge in [-0.1, -0.05) is 5.16 Å². The molecule has 0 unspecified atom stereocenters. The fourth-order valence-corrected chi connectivity index (χ4v) is 4.26. The molecule has 0 spiro atoms. The highest BCUT2D eigenvalue weighted by molar-refractivity contribution is 7.89. The van der Waals surface area contributed by atoms with Crippen LogP contribution in [-0.2, 0) is 10.0 Å². The zero-order valence-electron chi connectivity index (χ0n) is 14.0. The molecule has 0 atom stereocenters. The summed E-state index contributed by atoms with van der Waals surface area (Å²) in [6.07, 6.45) is 0. The Kier molecular flexibility index (Phi) is 4.62. The van der Waals surface area contributed by atoms with Crippen molar-refractivity contribution in [3.8, 4) is 17.1 Å². The van der Waals surface area contributed by atoms with Crippen LogP contribution in [0.5, 0.6) is 5.75 Å². The first-order chi connectivity index (χ1) is 11.4. The van der Waals surface area contributed by atoms with Crippen LogP contribution in [0, 0.1) is 6.92 Å². The van der Waals surface area contributed by atoms with Gasteiger partial charge < -0.3 is 14.2 Å². The Labute approximate surface area is 141 Å². The van der Waals surface area contributed by atoms with E-state index in [0.29, 0.717) is 24.6 Å². The van der Waals surface area contributed by atoms with Crippen molar-refractivity contribution in [1.82, 2.24) is 14.4 Å². The number of rotatable bonds is 4. The molecular formula is C16H21N3O4S. The summed E-state index contributed by atoms with van der Waals surface area (Å²) in [5.74, 6) is 0.884. The molecule has 8 heteroatoms. The average molecular weight is 351 g/mol. The Morgan fingerprint density at radius 2 is 1.88 bits per heavy atom. The van der Waals surface area contributed by atoms with Gasteiger partial charge in [-0.15, -0.1) is 0 Å². The fraction of sp³-hybridized carbons (Fsp3) is 0.438. The molecule has 1 fully saturated rings. The van der Waals surface area contributed by atoms with E-state index >= 15 is 0 Å². The first-order valence-electron chi connectivity index (χ1n) is 7.72. The minimum Gasteiger partial charge on any atom is -0.495 e. The summed E-state index contributed by atoms with van der Waals surface area (Å²) in [7, 11) is -0.136. The maximum absolute atomic E-state index is 12.9. The molecule has 24 heavy (non-hydrogen) atoms. The van der Waals surface area contributed by atoms with Gasteiger partial charge in [0.15, 0.2) is 5.76 Å². The molecule has 2 aromatic rings. The lowest BCUT2D eigenvalue weighted by atomic mass is 10.1. The van der Waals surface area contributed by atoms with E-state index in [9.17, 15) is 8.42 Å². The number of sulfonamides is 1. The highest BCUT2D eigenvalue weighted by Crippen LogP contribution is 2.32. The molecule has 2 heterocycles. The topological polar surface area (TPSA) is 75.9 Å². The molecular weight excluding hydrogens is 330 g/mol. The molecule has 0 bridgehead atoms. The number of aryl methyl sites for hydroxylation is 1. The van der Waals surface area contributed by atoms with Gasteiger partial charge in [0.2, 0.25) is 10.0 Å². The minimum atomic E-state index is -3.59. The third-order valence-electron chi connectivity index (χ3n) is 4.16. The van der Waals surface area contributed by atoms with E-state index in [1.165, 1.54) is 11.4 Å². The van der Waals surface area contributed by atoms with Crippen LogP contribution in [0.4, 0.5) is 0 Å². The first-order valence-corrected chi connectivity index (χ1v) is 9.16. The third kappa shape index (κ3) is 3.17. The summed E-state index contributed by atoms with van der Waals surface area (Å²) >= 11 is 0. The van der Waals surface area contributed by atoms with E-state index in [2.05, 4.69) is 10.1 Å². The summed E-state index contributed by atoms with van der Waals surface area (Å²) in [6.45, 7) is 4.22. The smallest absolute Gasteiger partial charge is 0.246 e. The Morgan fingerprint density at radius 1 is 1.17 bits per heavy atom. The summed E-state index contributed by atoms with van der Waals surface area (Å²) in [4.78, 5) is 2.29. The summed E-state index contributed by atoms with van der Waals surface area (Å²) < 4.78 is 37.9. The summed E-state index contributed by atoms with van der Waals surface area (Å²) in [6, 6.07) is 6.75. The molecule has 0 radical (unpaired) electrons. The number of aromatic nitrogens is 1. The minimum absolute atomic E-state index is 0.176. The second-order valence-corrected chi connectivity index (χ2v) is 7.81. The lowest BCUT2D eigenvalue weighted by Crippen LogP contribution is -2.47. The maximum atomic E-state index is 12.9. The van der Waals surface area contributed by atoms with E-state index in [1.54, 1.807) is 24.3 Å². The molecule has 1 aromatic heterocycles. The van der Waals surface area contributed by atoms with Gasteiger partial charge in [0.05, 0.1) is 12.8 Å². The number of hydrogen-bond donors (Lipinski definition) is 0. The van der Waals surface area contributed by atoms with Crippen molar-refractivity contribution in [1.29, 1.82) is 0 Å². The predicted molar refractivity (Wildman–Crippen MR) is 89.5 cm³/mol. The zero-order chi connectivity index (χ0) is 17.3. The molecule has 1 saturated heterocycles. The van der Waals surface area contributed by atoms with E-state index < -0.39 is 10.0 Å². The number of ether oxygens (including phenoxy) is 1. The molecule has 1 aliphatic rings. The van der Waals surface area contributed by atoms with Crippen LogP contribution in [0.25, 0.3) is 11.3 Å². The van der Waals surface area contributed by atoms with Crippen molar-refractivity contribution in [3.05, 3.63) is 30.0 Å². The number of benzene rings is 1. The summed E-state index contributed by atoms with van der Waals surface area (Å²) in [5.41, 5.74) is 1.49. The third-order valence-corrected chi connectivity index (χ3v) is 6.09. The lowest BCUT2D eigenvalue weighted by Gasteiger charge is -2.31. The number of hydrogen-bond acceptors (Lipinski definition) is 6. The Bertz CT molecular complexity index is 824. The van der Waals surface area contributed by atoms with Gasteiger partial charge in [-0.05, 0) is 32.2 Å². The van der Waals surface area contributed by atoms with Gasteiger partial charge in [-0.3, -0.25) is 0 Å².